The zero-order valence-electron chi connectivity index (χ0n) is 9.67. The molecule has 2 nitrogen and oxygen atoms in total. The van der Waals surface area contributed by atoms with Crippen LogP contribution in [0.4, 0.5) is 0 Å². The summed E-state index contributed by atoms with van der Waals surface area (Å²) in [6.07, 6.45) is 0. The molecule has 3 heteroatoms. The summed E-state index contributed by atoms with van der Waals surface area (Å²) < 4.78 is 0. The van der Waals surface area contributed by atoms with Crippen LogP contribution in [0, 0.1) is 22.7 Å². The van der Waals surface area contributed by atoms with E-state index in [1.807, 2.05) is 24.3 Å². The third-order valence-electron chi connectivity index (χ3n) is 2.80. The van der Waals surface area contributed by atoms with E-state index in [1.54, 1.807) is 24.3 Å². The van der Waals surface area contributed by atoms with Crippen molar-refractivity contribution in [2.75, 3.05) is 0 Å². The SMILES string of the molecule is [B]C(c1ccc(C#N)cc1)c1ccc(C#N)cc1. The molecule has 2 radical (unpaired) electrons. The minimum Gasteiger partial charge on any atom is -0.192 e. The third-order valence-corrected chi connectivity index (χ3v) is 2.80. The van der Waals surface area contributed by atoms with E-state index in [-0.39, 0.29) is 5.82 Å². The van der Waals surface area contributed by atoms with Gasteiger partial charge in [-0.3, -0.25) is 0 Å². The Balaban J connectivity index is 2.27. The molecule has 2 aromatic rings. The van der Waals surface area contributed by atoms with Gasteiger partial charge in [0.2, 0.25) is 0 Å². The summed E-state index contributed by atoms with van der Waals surface area (Å²) in [6.45, 7) is 0. The van der Waals surface area contributed by atoms with Crippen LogP contribution in [0.5, 0.6) is 0 Å². The molecule has 0 heterocycles. The highest BCUT2D eigenvalue weighted by atomic mass is 14.2. The average Bonchev–Trinajstić information content (AvgIpc) is 2.47. The zero-order valence-corrected chi connectivity index (χ0v) is 9.67. The van der Waals surface area contributed by atoms with Gasteiger partial charge in [-0.1, -0.05) is 24.3 Å². The highest BCUT2D eigenvalue weighted by Gasteiger charge is 2.07. The Morgan fingerprint density at radius 2 is 1.06 bits per heavy atom. The number of nitrogens with zero attached hydrogens (tertiary/aromatic N) is 2. The van der Waals surface area contributed by atoms with Crippen molar-refractivity contribution in [1.29, 1.82) is 10.5 Å². The summed E-state index contributed by atoms with van der Waals surface area (Å²) in [5, 5.41) is 17.5. The monoisotopic (exact) mass is 228 g/mol. The lowest BCUT2D eigenvalue weighted by Crippen LogP contribution is -2.00. The molecule has 0 spiro atoms. The van der Waals surface area contributed by atoms with Crippen LogP contribution >= 0.6 is 0 Å². The highest BCUT2D eigenvalue weighted by molar-refractivity contribution is 6.14. The molecule has 0 aliphatic carbocycles. The molecule has 18 heavy (non-hydrogen) atoms. The van der Waals surface area contributed by atoms with Gasteiger partial charge in [-0.25, -0.2) is 0 Å². The molecule has 0 fully saturated rings. The largest absolute Gasteiger partial charge is 0.192 e. The van der Waals surface area contributed by atoms with Crippen molar-refractivity contribution in [3.63, 3.8) is 0 Å². The summed E-state index contributed by atoms with van der Waals surface area (Å²) in [5.74, 6) is -0.245. The molecule has 2 aromatic carbocycles. The standard InChI is InChI=1S/C15H9BN2/c16-15(13-5-1-11(9-17)2-6-13)14-7-3-12(10-18)4-8-14/h1-8,15H. The second kappa shape index (κ2) is 5.21. The van der Waals surface area contributed by atoms with E-state index in [1.165, 1.54) is 0 Å². The summed E-state index contributed by atoms with van der Waals surface area (Å²) in [5.41, 5.74) is 3.12. The van der Waals surface area contributed by atoms with E-state index < -0.39 is 0 Å². The van der Waals surface area contributed by atoms with Gasteiger partial charge in [0.25, 0.3) is 0 Å². The number of rotatable bonds is 2. The van der Waals surface area contributed by atoms with Crippen molar-refractivity contribution in [3.8, 4) is 12.1 Å². The first-order chi connectivity index (χ1) is 8.74. The Morgan fingerprint density at radius 3 is 1.33 bits per heavy atom. The van der Waals surface area contributed by atoms with Crippen molar-refractivity contribution < 1.29 is 0 Å². The fraction of sp³-hybridized carbons (Fsp3) is 0.0667. The molecule has 0 bridgehead atoms. The molecule has 0 aromatic heterocycles. The fourth-order valence-corrected chi connectivity index (χ4v) is 1.72. The molecule has 0 saturated heterocycles. The van der Waals surface area contributed by atoms with Crippen LogP contribution in [0.25, 0.3) is 0 Å². The van der Waals surface area contributed by atoms with E-state index >= 15 is 0 Å². The van der Waals surface area contributed by atoms with Crippen molar-refractivity contribution in [3.05, 3.63) is 70.8 Å². The van der Waals surface area contributed by atoms with Gasteiger partial charge in [0, 0.05) is 0 Å². The molecule has 0 N–H and O–H groups in total. The van der Waals surface area contributed by atoms with Gasteiger partial charge in [-0.15, -0.1) is 0 Å². The van der Waals surface area contributed by atoms with Gasteiger partial charge in [0.1, 0.15) is 0 Å². The Bertz CT molecular complexity index is 558. The Hall–Kier alpha value is -2.52. The molecule has 82 valence electrons. The van der Waals surface area contributed by atoms with Gasteiger partial charge < -0.3 is 0 Å². The maximum Gasteiger partial charge on any atom is 0.0991 e. The van der Waals surface area contributed by atoms with Gasteiger partial charge in [-0.05, 0) is 41.2 Å². The molecule has 0 aliphatic rings. The van der Waals surface area contributed by atoms with Crippen molar-refractivity contribution in [1.82, 2.24) is 0 Å². The predicted octanol–water partition coefficient (Wildman–Crippen LogP) is 2.69. The van der Waals surface area contributed by atoms with Gasteiger partial charge in [0.05, 0.1) is 31.1 Å². The highest BCUT2D eigenvalue weighted by Crippen LogP contribution is 2.21. The maximum absolute atomic E-state index is 8.73. The van der Waals surface area contributed by atoms with Crippen molar-refractivity contribution in [2.45, 2.75) is 5.82 Å². The molecular formula is C15H9BN2. The minimum absolute atomic E-state index is 0.245. The van der Waals surface area contributed by atoms with E-state index in [0.29, 0.717) is 11.1 Å². The Labute approximate surface area is 108 Å². The van der Waals surface area contributed by atoms with E-state index in [0.717, 1.165) is 11.1 Å². The lowest BCUT2D eigenvalue weighted by Gasteiger charge is -2.12. The van der Waals surface area contributed by atoms with E-state index in [9.17, 15) is 0 Å². The van der Waals surface area contributed by atoms with Crippen LogP contribution in [0.3, 0.4) is 0 Å². The van der Waals surface area contributed by atoms with Crippen LogP contribution in [-0.2, 0) is 0 Å². The van der Waals surface area contributed by atoms with Crippen LogP contribution < -0.4 is 0 Å². The van der Waals surface area contributed by atoms with Gasteiger partial charge in [-0.2, -0.15) is 10.5 Å². The molecule has 0 amide bonds. The Morgan fingerprint density at radius 1 is 0.722 bits per heavy atom. The lowest BCUT2D eigenvalue weighted by atomic mass is 9.75. The van der Waals surface area contributed by atoms with Crippen LogP contribution in [-0.4, -0.2) is 7.85 Å². The average molecular weight is 228 g/mol. The summed E-state index contributed by atoms with van der Waals surface area (Å²) >= 11 is 0. The second-order valence-electron chi connectivity index (χ2n) is 3.95. The number of benzene rings is 2. The topological polar surface area (TPSA) is 47.6 Å². The third kappa shape index (κ3) is 2.42. The first-order valence-electron chi connectivity index (χ1n) is 5.50. The van der Waals surface area contributed by atoms with E-state index in [4.69, 9.17) is 18.4 Å². The number of nitriles is 2. The van der Waals surface area contributed by atoms with Crippen LogP contribution in [0.2, 0.25) is 0 Å². The maximum atomic E-state index is 8.73. The Kier molecular flexibility index (Phi) is 3.46. The predicted molar refractivity (Wildman–Crippen MR) is 69.9 cm³/mol. The lowest BCUT2D eigenvalue weighted by molar-refractivity contribution is 1.14. The zero-order chi connectivity index (χ0) is 13.0. The van der Waals surface area contributed by atoms with Crippen LogP contribution in [0.15, 0.2) is 48.5 Å². The fourth-order valence-electron chi connectivity index (χ4n) is 1.72. The first kappa shape index (κ1) is 12.0. The molecule has 2 rings (SSSR count). The molecule has 0 saturated carbocycles. The van der Waals surface area contributed by atoms with E-state index in [2.05, 4.69) is 12.1 Å². The summed E-state index contributed by atoms with van der Waals surface area (Å²) in [4.78, 5) is 0. The molecular weight excluding hydrogens is 219 g/mol. The minimum atomic E-state index is -0.245. The van der Waals surface area contributed by atoms with Crippen molar-refractivity contribution >= 4 is 7.85 Å². The molecule has 0 atom stereocenters. The number of hydrogen-bond donors (Lipinski definition) is 0. The summed E-state index contributed by atoms with van der Waals surface area (Å²) in [7, 11) is 6.13. The second-order valence-corrected chi connectivity index (χ2v) is 3.95. The van der Waals surface area contributed by atoms with Crippen molar-refractivity contribution in [2.24, 2.45) is 0 Å². The quantitative estimate of drug-likeness (QED) is 0.741. The van der Waals surface area contributed by atoms with Gasteiger partial charge in [0.15, 0.2) is 0 Å². The smallest absolute Gasteiger partial charge is 0.0991 e. The molecule has 0 aliphatic heterocycles. The summed E-state index contributed by atoms with van der Waals surface area (Å²) in [6, 6.07) is 18.5. The van der Waals surface area contributed by atoms with Gasteiger partial charge >= 0.3 is 0 Å². The number of hydrogen-bond acceptors (Lipinski definition) is 2. The normalized spacial score (nSPS) is 9.72. The first-order valence-corrected chi connectivity index (χ1v) is 5.50. The van der Waals surface area contributed by atoms with Crippen LogP contribution in [0.1, 0.15) is 28.1 Å². The molecule has 0 unspecified atom stereocenters.